The molecule has 0 bridgehead atoms. The normalized spacial score (nSPS) is 13.5. The Balaban J connectivity index is 2.78. The van der Waals surface area contributed by atoms with E-state index >= 15 is 0 Å². The van der Waals surface area contributed by atoms with Crippen molar-refractivity contribution in [1.82, 2.24) is 5.32 Å². The zero-order chi connectivity index (χ0) is 13.5. The number of carbonyl (C=O) groups is 2. The van der Waals surface area contributed by atoms with Gasteiger partial charge in [-0.3, -0.25) is 4.79 Å². The van der Waals surface area contributed by atoms with Crippen molar-refractivity contribution in [3.05, 3.63) is 35.9 Å². The van der Waals surface area contributed by atoms with Gasteiger partial charge in [-0.05, 0) is 12.1 Å². The van der Waals surface area contributed by atoms with Gasteiger partial charge in [0.25, 0.3) is 5.91 Å². The molecule has 1 N–H and O–H groups in total. The maximum absolute atomic E-state index is 11.9. The Kier molecular flexibility index (Phi) is 5.65. The number of esters is 1. The summed E-state index contributed by atoms with van der Waals surface area (Å²) in [5.74, 6) is -0.753. The first kappa shape index (κ1) is 14.5. The molecule has 1 aromatic rings. The molecule has 18 heavy (non-hydrogen) atoms. The summed E-state index contributed by atoms with van der Waals surface area (Å²) in [6.45, 7) is 1.78. The molecule has 1 aromatic carbocycles. The van der Waals surface area contributed by atoms with Gasteiger partial charge in [-0.2, -0.15) is 0 Å². The molecule has 0 saturated heterocycles. The van der Waals surface area contributed by atoms with Crippen molar-refractivity contribution in [2.75, 3.05) is 13.0 Å². The van der Waals surface area contributed by atoms with Gasteiger partial charge in [0, 0.05) is 17.4 Å². The van der Waals surface area contributed by atoms with E-state index in [0.29, 0.717) is 5.56 Å². The number of hydrogen-bond acceptors (Lipinski definition) is 3. The zero-order valence-electron chi connectivity index (χ0n) is 10.4. The van der Waals surface area contributed by atoms with Gasteiger partial charge in [-0.1, -0.05) is 25.1 Å². The molecule has 0 heterocycles. The summed E-state index contributed by atoms with van der Waals surface area (Å²) in [5.41, 5.74) is 0.494. The van der Waals surface area contributed by atoms with Crippen LogP contribution in [0.4, 0.5) is 0 Å². The molecule has 0 aromatic heterocycles. The largest absolute Gasteiger partial charge is 0.467 e. The zero-order valence-corrected chi connectivity index (χ0v) is 11.1. The van der Waals surface area contributed by atoms with Crippen molar-refractivity contribution in [3.8, 4) is 0 Å². The molecular formula is C13H16ClNO3. The maximum Gasteiger partial charge on any atom is 0.328 e. The molecule has 0 aliphatic rings. The minimum atomic E-state index is -0.736. The highest BCUT2D eigenvalue weighted by atomic mass is 35.5. The number of nitrogens with one attached hydrogen (secondary N) is 1. The molecule has 0 fully saturated rings. The quantitative estimate of drug-likeness (QED) is 0.655. The number of benzene rings is 1. The van der Waals surface area contributed by atoms with E-state index in [9.17, 15) is 9.59 Å². The minimum absolute atomic E-state index is 0.202. The summed E-state index contributed by atoms with van der Waals surface area (Å²) in [5, 5.41) is 2.64. The van der Waals surface area contributed by atoms with Gasteiger partial charge < -0.3 is 10.1 Å². The molecule has 0 saturated carbocycles. The van der Waals surface area contributed by atoms with E-state index in [4.69, 9.17) is 11.6 Å². The van der Waals surface area contributed by atoms with E-state index in [-0.39, 0.29) is 17.7 Å². The van der Waals surface area contributed by atoms with Crippen LogP contribution < -0.4 is 5.32 Å². The predicted molar refractivity (Wildman–Crippen MR) is 69.6 cm³/mol. The van der Waals surface area contributed by atoms with Crippen LogP contribution in [0.2, 0.25) is 0 Å². The number of ether oxygens (including phenoxy) is 1. The van der Waals surface area contributed by atoms with Crippen LogP contribution in [0, 0.1) is 5.92 Å². The fourth-order valence-electron chi connectivity index (χ4n) is 1.46. The number of amides is 1. The summed E-state index contributed by atoms with van der Waals surface area (Å²) in [4.78, 5) is 23.5. The van der Waals surface area contributed by atoms with Gasteiger partial charge >= 0.3 is 5.97 Å². The lowest BCUT2D eigenvalue weighted by Gasteiger charge is -2.21. The summed E-state index contributed by atoms with van der Waals surface area (Å²) in [6.07, 6.45) is 0. The molecule has 1 amide bonds. The van der Waals surface area contributed by atoms with Crippen LogP contribution in [-0.2, 0) is 9.53 Å². The molecule has 98 valence electrons. The van der Waals surface area contributed by atoms with Crippen molar-refractivity contribution in [1.29, 1.82) is 0 Å². The van der Waals surface area contributed by atoms with Crippen LogP contribution in [0.5, 0.6) is 0 Å². The van der Waals surface area contributed by atoms with Crippen molar-refractivity contribution >= 4 is 23.5 Å². The third-order valence-electron chi connectivity index (χ3n) is 2.59. The average Bonchev–Trinajstić information content (AvgIpc) is 2.43. The topological polar surface area (TPSA) is 55.4 Å². The smallest absolute Gasteiger partial charge is 0.328 e. The lowest BCUT2D eigenvalue weighted by molar-refractivity contribution is -0.144. The Hall–Kier alpha value is -1.55. The van der Waals surface area contributed by atoms with Gasteiger partial charge in [-0.25, -0.2) is 4.79 Å². The summed E-state index contributed by atoms with van der Waals surface area (Å²) >= 11 is 5.72. The third-order valence-corrected chi connectivity index (χ3v) is 3.08. The summed E-state index contributed by atoms with van der Waals surface area (Å²) in [7, 11) is 1.28. The first-order chi connectivity index (χ1) is 8.60. The maximum atomic E-state index is 11.9. The van der Waals surface area contributed by atoms with Crippen molar-refractivity contribution in [2.45, 2.75) is 13.0 Å². The predicted octanol–water partition coefficient (Wildman–Crippen LogP) is 1.83. The molecule has 2 atom stereocenters. The Morgan fingerprint density at radius 2 is 1.94 bits per heavy atom. The lowest BCUT2D eigenvalue weighted by atomic mass is 10.0. The monoisotopic (exact) mass is 269 g/mol. The summed E-state index contributed by atoms with van der Waals surface area (Å²) < 4.78 is 4.66. The third kappa shape index (κ3) is 3.74. The van der Waals surface area contributed by atoms with E-state index in [0.717, 1.165) is 0 Å². The fraction of sp³-hybridized carbons (Fsp3) is 0.385. The van der Waals surface area contributed by atoms with Crippen LogP contribution in [0.25, 0.3) is 0 Å². The molecular weight excluding hydrogens is 254 g/mol. The van der Waals surface area contributed by atoms with Crippen LogP contribution in [0.3, 0.4) is 0 Å². The first-order valence-electron chi connectivity index (χ1n) is 5.59. The molecule has 1 unspecified atom stereocenters. The van der Waals surface area contributed by atoms with Crippen LogP contribution in [0.1, 0.15) is 17.3 Å². The number of alkyl halides is 1. The van der Waals surface area contributed by atoms with E-state index in [2.05, 4.69) is 10.1 Å². The van der Waals surface area contributed by atoms with E-state index < -0.39 is 12.0 Å². The number of rotatable bonds is 5. The first-order valence-corrected chi connectivity index (χ1v) is 6.13. The second-order valence-electron chi connectivity index (χ2n) is 3.97. The SMILES string of the molecule is COC(=O)[C@@H](NC(=O)c1ccccc1)C(C)CCl. The molecule has 0 spiro atoms. The highest BCUT2D eigenvalue weighted by molar-refractivity contribution is 6.18. The highest BCUT2D eigenvalue weighted by Crippen LogP contribution is 2.09. The molecule has 0 radical (unpaired) electrons. The van der Waals surface area contributed by atoms with Crippen molar-refractivity contribution < 1.29 is 14.3 Å². The number of hydrogen-bond donors (Lipinski definition) is 1. The van der Waals surface area contributed by atoms with Crippen LogP contribution in [0.15, 0.2) is 30.3 Å². The fourth-order valence-corrected chi connectivity index (χ4v) is 1.64. The second kappa shape index (κ2) is 7.01. The lowest BCUT2D eigenvalue weighted by Crippen LogP contribution is -2.46. The van der Waals surface area contributed by atoms with Crippen LogP contribution >= 0.6 is 11.6 Å². The van der Waals surface area contributed by atoms with Crippen molar-refractivity contribution in [2.24, 2.45) is 5.92 Å². The molecule has 1 rings (SSSR count). The van der Waals surface area contributed by atoms with Gasteiger partial charge in [-0.15, -0.1) is 11.6 Å². The molecule has 0 aliphatic heterocycles. The average molecular weight is 270 g/mol. The Morgan fingerprint density at radius 1 is 1.33 bits per heavy atom. The van der Waals surface area contributed by atoms with Gasteiger partial charge in [0.05, 0.1) is 7.11 Å². The molecule has 0 aliphatic carbocycles. The second-order valence-corrected chi connectivity index (χ2v) is 4.28. The van der Waals surface area contributed by atoms with E-state index in [1.807, 2.05) is 6.07 Å². The highest BCUT2D eigenvalue weighted by Gasteiger charge is 2.27. The Labute approximate surface area is 111 Å². The standard InChI is InChI=1S/C13H16ClNO3/c1-9(8-14)11(13(17)18-2)15-12(16)10-6-4-3-5-7-10/h3-7,9,11H,8H2,1-2H3,(H,15,16)/t9?,11-/m0/s1. The summed E-state index contributed by atoms with van der Waals surface area (Å²) in [6, 6.07) is 7.94. The van der Waals surface area contributed by atoms with E-state index in [1.165, 1.54) is 7.11 Å². The molecule has 5 heteroatoms. The Morgan fingerprint density at radius 3 is 2.44 bits per heavy atom. The minimum Gasteiger partial charge on any atom is -0.467 e. The van der Waals surface area contributed by atoms with Crippen molar-refractivity contribution in [3.63, 3.8) is 0 Å². The van der Waals surface area contributed by atoms with E-state index in [1.54, 1.807) is 31.2 Å². The van der Waals surface area contributed by atoms with Crippen LogP contribution in [-0.4, -0.2) is 30.9 Å². The van der Waals surface area contributed by atoms with Gasteiger partial charge in [0.15, 0.2) is 0 Å². The van der Waals surface area contributed by atoms with Gasteiger partial charge in [0.1, 0.15) is 6.04 Å². The van der Waals surface area contributed by atoms with Gasteiger partial charge in [0.2, 0.25) is 0 Å². The number of methoxy groups -OCH3 is 1. The number of halogens is 1. The molecule has 4 nitrogen and oxygen atoms in total. The Bertz CT molecular complexity index is 408. The number of carbonyl (C=O) groups excluding carboxylic acids is 2.